The number of hydrogen-bond donors (Lipinski definition) is 2. The lowest BCUT2D eigenvalue weighted by atomic mass is 10.3. The fourth-order valence-corrected chi connectivity index (χ4v) is 2.40. The monoisotopic (exact) mass is 254 g/mol. The first kappa shape index (κ1) is 12.2. The third kappa shape index (κ3) is 3.09. The maximum Gasteiger partial charge on any atom is 0.317 e. The van der Waals surface area contributed by atoms with Gasteiger partial charge < -0.3 is 10.1 Å². The fraction of sp³-hybridized carbons (Fsp3) is 0.545. The van der Waals surface area contributed by atoms with Gasteiger partial charge in [-0.05, 0) is 19.3 Å². The van der Waals surface area contributed by atoms with Crippen molar-refractivity contribution in [1.82, 2.24) is 9.97 Å². The summed E-state index contributed by atoms with van der Waals surface area (Å²) < 4.78 is 0. The molecule has 6 heteroatoms. The molecule has 2 rings (SSSR count). The number of nitrogens with one attached hydrogen (secondary N) is 1. The number of aliphatic carboxylic acids is 1. The molecule has 92 valence electrons. The van der Waals surface area contributed by atoms with Crippen LogP contribution in [-0.4, -0.2) is 26.3 Å². The van der Waals surface area contributed by atoms with Crippen molar-refractivity contribution in [2.45, 2.75) is 42.4 Å². The van der Waals surface area contributed by atoms with E-state index in [1.807, 2.05) is 0 Å². The Balaban J connectivity index is 2.19. The van der Waals surface area contributed by atoms with Crippen LogP contribution in [0.25, 0.3) is 0 Å². The Morgan fingerprint density at radius 2 is 2.41 bits per heavy atom. The molecule has 1 heterocycles. The molecule has 0 saturated heterocycles. The van der Waals surface area contributed by atoms with Gasteiger partial charge in [0, 0.05) is 12.0 Å². The van der Waals surface area contributed by atoms with Gasteiger partial charge >= 0.3 is 5.97 Å². The smallest absolute Gasteiger partial charge is 0.317 e. The van der Waals surface area contributed by atoms with Crippen molar-refractivity contribution < 1.29 is 9.90 Å². The molecule has 0 spiro atoms. The number of carboxylic acids is 1. The van der Waals surface area contributed by atoms with Gasteiger partial charge in [0.1, 0.15) is 16.1 Å². The summed E-state index contributed by atoms with van der Waals surface area (Å²) in [6.07, 6.45) is 2.60. The van der Waals surface area contributed by atoms with Crippen molar-refractivity contribution in [2.75, 3.05) is 0 Å². The summed E-state index contributed by atoms with van der Waals surface area (Å²) >= 11 is 1.14. The lowest BCUT2D eigenvalue weighted by Crippen LogP contribution is -2.17. The molecule has 2 N–H and O–H groups in total. The minimum absolute atomic E-state index is 0.204. The van der Waals surface area contributed by atoms with Gasteiger partial charge in [-0.2, -0.15) is 0 Å². The van der Waals surface area contributed by atoms with E-state index in [0.29, 0.717) is 23.2 Å². The average molecular weight is 254 g/mol. The van der Waals surface area contributed by atoms with Gasteiger partial charge in [0.05, 0.1) is 0 Å². The Kier molecular flexibility index (Phi) is 3.51. The maximum atomic E-state index is 11.4. The zero-order chi connectivity index (χ0) is 12.4. The van der Waals surface area contributed by atoms with Crippen molar-refractivity contribution in [1.29, 1.82) is 0 Å². The summed E-state index contributed by atoms with van der Waals surface area (Å²) in [6.45, 7) is 1.81. The van der Waals surface area contributed by atoms with Crippen LogP contribution in [0.2, 0.25) is 0 Å². The van der Waals surface area contributed by atoms with E-state index in [9.17, 15) is 9.59 Å². The number of rotatable bonds is 5. The third-order valence-corrected chi connectivity index (χ3v) is 3.88. The Hall–Kier alpha value is -1.30. The van der Waals surface area contributed by atoms with Crippen LogP contribution < -0.4 is 5.56 Å². The van der Waals surface area contributed by atoms with E-state index in [2.05, 4.69) is 9.97 Å². The molecule has 5 nitrogen and oxygen atoms in total. The number of aromatic nitrogens is 2. The first-order chi connectivity index (χ1) is 8.10. The van der Waals surface area contributed by atoms with Crippen molar-refractivity contribution in [3.05, 3.63) is 22.2 Å². The Bertz CT molecular complexity index is 482. The number of thioether (sulfide) groups is 1. The second kappa shape index (κ2) is 4.91. The van der Waals surface area contributed by atoms with E-state index < -0.39 is 11.2 Å². The summed E-state index contributed by atoms with van der Waals surface area (Å²) in [6, 6.07) is 1.36. The predicted octanol–water partition coefficient (Wildman–Crippen LogP) is 1.60. The van der Waals surface area contributed by atoms with Crippen LogP contribution in [0, 0.1) is 0 Å². The van der Waals surface area contributed by atoms with Crippen molar-refractivity contribution >= 4 is 17.7 Å². The van der Waals surface area contributed by atoms with Gasteiger partial charge in [-0.15, -0.1) is 0 Å². The van der Waals surface area contributed by atoms with E-state index in [1.54, 1.807) is 6.92 Å². The number of hydrogen-bond acceptors (Lipinski definition) is 4. The average Bonchev–Trinajstić information content (AvgIpc) is 3.08. The van der Waals surface area contributed by atoms with Crippen LogP contribution in [0.3, 0.4) is 0 Å². The summed E-state index contributed by atoms with van der Waals surface area (Å²) in [5.74, 6) is 0.181. The zero-order valence-electron chi connectivity index (χ0n) is 9.47. The zero-order valence-corrected chi connectivity index (χ0v) is 10.3. The second-order valence-electron chi connectivity index (χ2n) is 4.10. The minimum atomic E-state index is -0.868. The van der Waals surface area contributed by atoms with Gasteiger partial charge in [-0.25, -0.2) is 4.98 Å². The van der Waals surface area contributed by atoms with Crippen LogP contribution in [0.1, 0.15) is 37.9 Å². The van der Waals surface area contributed by atoms with Gasteiger partial charge in [0.25, 0.3) is 5.56 Å². The molecule has 1 unspecified atom stereocenters. The topological polar surface area (TPSA) is 83.0 Å². The SMILES string of the molecule is CCC(Sc1cc(=O)[nH]c(C2CC2)n1)C(=O)O. The molecular weight excluding hydrogens is 240 g/mol. The molecule has 1 aromatic rings. The predicted molar refractivity (Wildman–Crippen MR) is 64.4 cm³/mol. The molecule has 1 aliphatic carbocycles. The molecule has 1 fully saturated rings. The van der Waals surface area contributed by atoms with E-state index in [1.165, 1.54) is 6.07 Å². The first-order valence-corrected chi connectivity index (χ1v) is 6.49. The highest BCUT2D eigenvalue weighted by Crippen LogP contribution is 2.38. The van der Waals surface area contributed by atoms with Crippen molar-refractivity contribution in [3.8, 4) is 0 Å². The van der Waals surface area contributed by atoms with Crippen molar-refractivity contribution in [3.63, 3.8) is 0 Å². The summed E-state index contributed by atoms with van der Waals surface area (Å²) in [5.41, 5.74) is -0.204. The molecule has 0 radical (unpaired) electrons. The third-order valence-electron chi connectivity index (χ3n) is 2.61. The van der Waals surface area contributed by atoms with Gasteiger partial charge in [-0.3, -0.25) is 9.59 Å². The van der Waals surface area contributed by atoms with E-state index in [0.717, 1.165) is 24.6 Å². The molecule has 0 bridgehead atoms. The standard InChI is InChI=1S/C11H14N2O3S/c1-2-7(11(15)16)17-9-5-8(14)12-10(13-9)6-3-4-6/h5-7H,2-4H2,1H3,(H,15,16)(H,12,13,14). The Morgan fingerprint density at radius 3 is 2.94 bits per heavy atom. The quantitative estimate of drug-likeness (QED) is 0.616. The number of carboxylic acid groups (broad SMARTS) is 1. The highest BCUT2D eigenvalue weighted by Gasteiger charge is 2.27. The first-order valence-electron chi connectivity index (χ1n) is 5.61. The maximum absolute atomic E-state index is 11.4. The van der Waals surface area contributed by atoms with Crippen LogP contribution in [0.15, 0.2) is 15.9 Å². The second-order valence-corrected chi connectivity index (χ2v) is 5.32. The molecule has 1 saturated carbocycles. The number of nitrogens with zero attached hydrogens (tertiary/aromatic N) is 1. The minimum Gasteiger partial charge on any atom is -0.480 e. The fourth-order valence-electron chi connectivity index (χ4n) is 1.52. The number of carbonyl (C=O) groups is 1. The number of H-pyrrole nitrogens is 1. The lowest BCUT2D eigenvalue weighted by Gasteiger charge is -2.08. The van der Waals surface area contributed by atoms with E-state index in [4.69, 9.17) is 5.11 Å². The Morgan fingerprint density at radius 1 is 1.71 bits per heavy atom. The summed E-state index contributed by atoms with van der Waals surface area (Å²) in [4.78, 5) is 29.4. The lowest BCUT2D eigenvalue weighted by molar-refractivity contribution is -0.136. The largest absolute Gasteiger partial charge is 0.480 e. The molecule has 0 aromatic carbocycles. The summed E-state index contributed by atoms with van der Waals surface area (Å²) in [7, 11) is 0. The van der Waals surface area contributed by atoms with Gasteiger partial charge in [0.15, 0.2) is 0 Å². The van der Waals surface area contributed by atoms with Crippen LogP contribution in [-0.2, 0) is 4.79 Å². The Labute approximate surface area is 103 Å². The molecule has 1 aromatic heterocycles. The van der Waals surface area contributed by atoms with E-state index >= 15 is 0 Å². The van der Waals surface area contributed by atoms with Crippen LogP contribution in [0.5, 0.6) is 0 Å². The van der Waals surface area contributed by atoms with E-state index in [-0.39, 0.29) is 5.56 Å². The molecular formula is C11H14N2O3S. The number of aromatic amines is 1. The van der Waals surface area contributed by atoms with Gasteiger partial charge in [0.2, 0.25) is 0 Å². The molecule has 17 heavy (non-hydrogen) atoms. The van der Waals surface area contributed by atoms with Gasteiger partial charge in [-0.1, -0.05) is 18.7 Å². The molecule has 1 atom stereocenters. The van der Waals surface area contributed by atoms with Crippen LogP contribution in [0.4, 0.5) is 0 Å². The van der Waals surface area contributed by atoms with Crippen molar-refractivity contribution in [2.24, 2.45) is 0 Å². The molecule has 0 aliphatic heterocycles. The molecule has 0 amide bonds. The molecule has 1 aliphatic rings. The van der Waals surface area contributed by atoms with Crippen LogP contribution >= 0.6 is 11.8 Å². The normalized spacial score (nSPS) is 16.8. The highest BCUT2D eigenvalue weighted by atomic mass is 32.2. The summed E-state index contributed by atoms with van der Waals surface area (Å²) in [5, 5.41) is 8.92. The highest BCUT2D eigenvalue weighted by molar-refractivity contribution is 8.00.